The molecule has 1 aromatic heterocycles. The summed E-state index contributed by atoms with van der Waals surface area (Å²) in [5.74, 6) is -0.0562. The number of aromatic nitrogens is 2. The maximum Gasteiger partial charge on any atom is 0.240 e. The Morgan fingerprint density at radius 3 is 3.14 bits per heavy atom. The normalized spacial score (nSPS) is 21.8. The molecular formula is C15H23N3O3. The van der Waals surface area contributed by atoms with Crippen LogP contribution in [-0.2, 0) is 20.8 Å². The van der Waals surface area contributed by atoms with Gasteiger partial charge in [-0.2, -0.15) is 0 Å². The number of ether oxygens (including phenoxy) is 2. The van der Waals surface area contributed by atoms with Crippen molar-refractivity contribution in [1.82, 2.24) is 14.9 Å². The number of nitrogens with zero attached hydrogens (tertiary/aromatic N) is 2. The molecule has 1 saturated heterocycles. The molecule has 116 valence electrons. The number of allylic oxidation sites excluding steroid dienone is 1. The van der Waals surface area contributed by atoms with Crippen molar-refractivity contribution in [3.8, 4) is 0 Å². The van der Waals surface area contributed by atoms with Gasteiger partial charge in [0.15, 0.2) is 0 Å². The highest BCUT2D eigenvalue weighted by atomic mass is 16.5. The molecule has 0 radical (unpaired) electrons. The van der Waals surface area contributed by atoms with Crippen LogP contribution in [-0.4, -0.2) is 47.4 Å². The van der Waals surface area contributed by atoms with E-state index < -0.39 is 0 Å². The van der Waals surface area contributed by atoms with Gasteiger partial charge in [0.05, 0.1) is 31.7 Å². The van der Waals surface area contributed by atoms with Crippen molar-refractivity contribution >= 4 is 5.91 Å². The van der Waals surface area contributed by atoms with Gasteiger partial charge >= 0.3 is 0 Å². The Morgan fingerprint density at radius 2 is 2.43 bits per heavy atom. The molecule has 1 aromatic rings. The molecule has 0 saturated carbocycles. The number of carbonyl (C=O) groups excluding carboxylic acids is 1. The molecule has 0 bridgehead atoms. The molecule has 0 aromatic carbocycles. The molecule has 6 heteroatoms. The number of hydrogen-bond donors (Lipinski definition) is 1. The Hall–Kier alpha value is -1.66. The molecule has 1 aliphatic rings. The van der Waals surface area contributed by atoms with Crippen molar-refractivity contribution in [3.05, 3.63) is 30.4 Å². The van der Waals surface area contributed by atoms with Gasteiger partial charge in [0.2, 0.25) is 5.91 Å². The second-order valence-corrected chi connectivity index (χ2v) is 5.43. The minimum atomic E-state index is -0.0969. The summed E-state index contributed by atoms with van der Waals surface area (Å²) in [6.45, 7) is 6.08. The summed E-state index contributed by atoms with van der Waals surface area (Å²) < 4.78 is 13.0. The van der Waals surface area contributed by atoms with Crippen LogP contribution in [0, 0.1) is 0 Å². The third-order valence-corrected chi connectivity index (χ3v) is 3.33. The Kier molecular flexibility index (Phi) is 5.95. The van der Waals surface area contributed by atoms with E-state index in [1.807, 2.05) is 19.9 Å². The second kappa shape index (κ2) is 7.95. The van der Waals surface area contributed by atoms with E-state index in [0.717, 1.165) is 6.42 Å². The molecule has 0 aliphatic carbocycles. The Morgan fingerprint density at radius 1 is 1.57 bits per heavy atom. The molecule has 2 rings (SSSR count). The summed E-state index contributed by atoms with van der Waals surface area (Å²) in [5, 5.41) is 2.99. The molecule has 2 atom stereocenters. The zero-order chi connectivity index (χ0) is 15.1. The molecule has 21 heavy (non-hydrogen) atoms. The van der Waals surface area contributed by atoms with Crippen LogP contribution in [0.25, 0.3) is 0 Å². The number of hydrogen-bond acceptors (Lipinski definition) is 4. The van der Waals surface area contributed by atoms with Crippen LogP contribution >= 0.6 is 0 Å². The van der Waals surface area contributed by atoms with E-state index in [1.165, 1.54) is 5.57 Å². The first-order valence-electron chi connectivity index (χ1n) is 7.23. The standard InChI is InChI=1S/C15H23N3O3/c1-12(2)3-8-21-14-4-7-20-10-13(14)17-15(19)9-18-6-5-16-11-18/h3,5-6,11,13-14H,4,7-10H2,1-2H3,(H,17,19)/t13-,14+/m0/s1. The van der Waals surface area contributed by atoms with Crippen LogP contribution in [0.3, 0.4) is 0 Å². The van der Waals surface area contributed by atoms with Crippen molar-refractivity contribution in [3.63, 3.8) is 0 Å². The minimum Gasteiger partial charge on any atom is -0.379 e. The lowest BCUT2D eigenvalue weighted by atomic mass is 10.1. The number of carbonyl (C=O) groups is 1. The monoisotopic (exact) mass is 293 g/mol. The van der Waals surface area contributed by atoms with Gasteiger partial charge < -0.3 is 19.4 Å². The maximum atomic E-state index is 12.0. The molecule has 0 spiro atoms. The highest BCUT2D eigenvalue weighted by Crippen LogP contribution is 2.12. The fraction of sp³-hybridized carbons (Fsp3) is 0.600. The Balaban J connectivity index is 1.83. The predicted molar refractivity (Wildman–Crippen MR) is 78.8 cm³/mol. The van der Waals surface area contributed by atoms with Crippen LogP contribution in [0.4, 0.5) is 0 Å². The summed E-state index contributed by atoms with van der Waals surface area (Å²) in [7, 11) is 0. The highest BCUT2D eigenvalue weighted by Gasteiger charge is 2.27. The van der Waals surface area contributed by atoms with Crippen molar-refractivity contribution in [1.29, 1.82) is 0 Å². The molecule has 1 aliphatic heterocycles. The Bertz CT molecular complexity index is 467. The first kappa shape index (κ1) is 15.7. The summed E-state index contributed by atoms with van der Waals surface area (Å²) in [5.41, 5.74) is 1.22. The third-order valence-electron chi connectivity index (χ3n) is 3.33. The van der Waals surface area contributed by atoms with Gasteiger partial charge in [-0.1, -0.05) is 11.6 Å². The molecule has 2 heterocycles. The molecule has 1 amide bonds. The van der Waals surface area contributed by atoms with E-state index in [1.54, 1.807) is 23.3 Å². The lowest BCUT2D eigenvalue weighted by molar-refractivity contribution is -0.126. The number of amides is 1. The van der Waals surface area contributed by atoms with E-state index >= 15 is 0 Å². The van der Waals surface area contributed by atoms with Crippen LogP contribution in [0.2, 0.25) is 0 Å². The van der Waals surface area contributed by atoms with Gasteiger partial charge in [0.1, 0.15) is 6.54 Å². The van der Waals surface area contributed by atoms with Crippen LogP contribution in [0.15, 0.2) is 30.4 Å². The van der Waals surface area contributed by atoms with Gasteiger partial charge in [0, 0.05) is 19.0 Å². The summed E-state index contributed by atoms with van der Waals surface area (Å²) >= 11 is 0. The van der Waals surface area contributed by atoms with E-state index in [4.69, 9.17) is 9.47 Å². The molecule has 1 N–H and O–H groups in total. The highest BCUT2D eigenvalue weighted by molar-refractivity contribution is 5.76. The molecular weight excluding hydrogens is 270 g/mol. The van der Waals surface area contributed by atoms with Gasteiger partial charge in [-0.15, -0.1) is 0 Å². The molecule has 6 nitrogen and oxygen atoms in total. The van der Waals surface area contributed by atoms with Gasteiger partial charge in [-0.05, 0) is 20.3 Å². The van der Waals surface area contributed by atoms with Gasteiger partial charge in [-0.25, -0.2) is 4.98 Å². The molecule has 0 unspecified atom stereocenters. The second-order valence-electron chi connectivity index (χ2n) is 5.43. The SMILES string of the molecule is CC(C)=CCO[C@@H]1CCOC[C@@H]1NC(=O)Cn1ccnc1. The van der Waals surface area contributed by atoms with Crippen LogP contribution < -0.4 is 5.32 Å². The quantitative estimate of drug-likeness (QED) is 0.799. The van der Waals surface area contributed by atoms with Crippen molar-refractivity contribution < 1.29 is 14.3 Å². The van der Waals surface area contributed by atoms with Gasteiger partial charge in [0.25, 0.3) is 0 Å². The average molecular weight is 293 g/mol. The zero-order valence-electron chi connectivity index (χ0n) is 12.6. The topological polar surface area (TPSA) is 65.4 Å². The van der Waals surface area contributed by atoms with Crippen molar-refractivity contribution in [2.24, 2.45) is 0 Å². The predicted octanol–water partition coefficient (Wildman–Crippen LogP) is 1.14. The van der Waals surface area contributed by atoms with E-state index in [-0.39, 0.29) is 24.6 Å². The number of imidazole rings is 1. The van der Waals surface area contributed by atoms with Gasteiger partial charge in [-0.3, -0.25) is 4.79 Å². The first-order chi connectivity index (χ1) is 10.1. The van der Waals surface area contributed by atoms with Crippen LogP contribution in [0.1, 0.15) is 20.3 Å². The lowest BCUT2D eigenvalue weighted by Crippen LogP contribution is -2.51. The van der Waals surface area contributed by atoms with Crippen LogP contribution in [0.5, 0.6) is 0 Å². The van der Waals surface area contributed by atoms with Crippen molar-refractivity contribution in [2.45, 2.75) is 39.0 Å². The number of rotatable bonds is 6. The summed E-state index contributed by atoms with van der Waals surface area (Å²) in [6.07, 6.45) is 7.88. The van der Waals surface area contributed by atoms with E-state index in [0.29, 0.717) is 19.8 Å². The number of nitrogens with one attached hydrogen (secondary N) is 1. The largest absolute Gasteiger partial charge is 0.379 e. The fourth-order valence-electron chi connectivity index (χ4n) is 2.19. The maximum absolute atomic E-state index is 12.0. The zero-order valence-corrected chi connectivity index (χ0v) is 12.6. The summed E-state index contributed by atoms with van der Waals surface area (Å²) in [4.78, 5) is 15.9. The smallest absolute Gasteiger partial charge is 0.240 e. The third kappa shape index (κ3) is 5.32. The first-order valence-corrected chi connectivity index (χ1v) is 7.23. The minimum absolute atomic E-state index is 0.00101. The van der Waals surface area contributed by atoms with E-state index in [2.05, 4.69) is 10.3 Å². The average Bonchev–Trinajstić information content (AvgIpc) is 2.93. The van der Waals surface area contributed by atoms with Crippen molar-refractivity contribution in [2.75, 3.05) is 19.8 Å². The fourth-order valence-corrected chi connectivity index (χ4v) is 2.19. The van der Waals surface area contributed by atoms with E-state index in [9.17, 15) is 4.79 Å². The molecule has 1 fully saturated rings. The Labute approximate surface area is 125 Å². The summed E-state index contributed by atoms with van der Waals surface area (Å²) in [6, 6.07) is -0.0969. The lowest BCUT2D eigenvalue weighted by Gasteiger charge is -2.31.